The van der Waals surface area contributed by atoms with Gasteiger partial charge in [0.1, 0.15) is 11.3 Å². The molecule has 0 fully saturated rings. The quantitative estimate of drug-likeness (QED) is 0.669. The summed E-state index contributed by atoms with van der Waals surface area (Å²) in [5.74, 6) is 0.944. The van der Waals surface area contributed by atoms with Gasteiger partial charge >= 0.3 is 0 Å². The molecule has 0 bridgehead atoms. The Hall–Kier alpha value is -1.74. The lowest BCUT2D eigenvalue weighted by molar-refractivity contribution is 0.526. The van der Waals surface area contributed by atoms with Gasteiger partial charge in [-0.25, -0.2) is 0 Å². The topological polar surface area (TPSA) is 25.2 Å². The number of halogens is 1. The van der Waals surface area contributed by atoms with Crippen LogP contribution < -0.4 is 5.32 Å². The van der Waals surface area contributed by atoms with Gasteiger partial charge in [-0.15, -0.1) is 0 Å². The zero-order chi connectivity index (χ0) is 14.1. The predicted octanol–water partition coefficient (Wildman–Crippen LogP) is 5.68. The summed E-state index contributed by atoms with van der Waals surface area (Å²) in [6, 6.07) is 16.6. The Morgan fingerprint density at radius 2 is 1.90 bits per heavy atom. The van der Waals surface area contributed by atoms with Crippen molar-refractivity contribution in [3.05, 3.63) is 64.3 Å². The van der Waals surface area contributed by atoms with E-state index in [1.807, 2.05) is 18.2 Å². The van der Waals surface area contributed by atoms with Gasteiger partial charge in [-0.2, -0.15) is 0 Å². The first-order valence-corrected chi connectivity index (χ1v) is 7.44. The predicted molar refractivity (Wildman–Crippen MR) is 87.1 cm³/mol. The fourth-order valence-electron chi connectivity index (χ4n) is 2.27. The van der Waals surface area contributed by atoms with Gasteiger partial charge in [0.25, 0.3) is 0 Å². The third kappa shape index (κ3) is 2.59. The van der Waals surface area contributed by atoms with Crippen LogP contribution in [0.2, 0.25) is 0 Å². The van der Waals surface area contributed by atoms with Crippen molar-refractivity contribution in [2.24, 2.45) is 0 Å². The monoisotopic (exact) mass is 329 g/mol. The lowest BCUT2D eigenvalue weighted by Gasteiger charge is -2.14. The summed E-state index contributed by atoms with van der Waals surface area (Å²) in [4.78, 5) is 0. The van der Waals surface area contributed by atoms with E-state index < -0.39 is 0 Å². The number of fused-ring (bicyclic) bond motifs is 1. The van der Waals surface area contributed by atoms with Crippen molar-refractivity contribution in [2.75, 3.05) is 5.32 Å². The number of furan rings is 1. The molecule has 3 rings (SSSR count). The van der Waals surface area contributed by atoms with E-state index in [9.17, 15) is 0 Å². The molecule has 2 nitrogen and oxygen atoms in total. The number of anilines is 1. The number of aryl methyl sites for hydroxylation is 1. The molecule has 1 aromatic heterocycles. The minimum Gasteiger partial charge on any atom is -0.459 e. The molecule has 0 radical (unpaired) electrons. The van der Waals surface area contributed by atoms with Crippen molar-refractivity contribution in [1.29, 1.82) is 0 Å². The molecular weight excluding hydrogens is 314 g/mol. The highest BCUT2D eigenvalue weighted by atomic mass is 79.9. The average molecular weight is 330 g/mol. The lowest BCUT2D eigenvalue weighted by Crippen LogP contribution is -2.06. The van der Waals surface area contributed by atoms with Crippen molar-refractivity contribution in [2.45, 2.75) is 19.9 Å². The molecule has 0 aliphatic rings. The van der Waals surface area contributed by atoms with E-state index >= 15 is 0 Å². The van der Waals surface area contributed by atoms with Crippen LogP contribution in [0.25, 0.3) is 11.0 Å². The lowest BCUT2D eigenvalue weighted by atomic mass is 10.2. The number of para-hydroxylation sites is 1. The van der Waals surface area contributed by atoms with E-state index in [0.29, 0.717) is 0 Å². The van der Waals surface area contributed by atoms with Crippen molar-refractivity contribution in [3.8, 4) is 0 Å². The van der Waals surface area contributed by atoms with E-state index in [2.05, 4.69) is 65.4 Å². The van der Waals surface area contributed by atoms with Gasteiger partial charge in [-0.1, -0.05) is 24.3 Å². The first-order valence-electron chi connectivity index (χ1n) is 6.64. The molecule has 0 spiro atoms. The molecule has 0 aliphatic heterocycles. The van der Waals surface area contributed by atoms with Gasteiger partial charge in [0, 0.05) is 15.5 Å². The minimum atomic E-state index is 0.112. The number of hydrogen-bond donors (Lipinski definition) is 1. The second-order valence-electron chi connectivity index (χ2n) is 5.04. The Labute approximate surface area is 126 Å². The Balaban J connectivity index is 1.88. The number of benzene rings is 2. The highest BCUT2D eigenvalue weighted by Crippen LogP contribution is 2.30. The number of nitrogens with one attached hydrogen (secondary N) is 1. The molecule has 20 heavy (non-hydrogen) atoms. The summed E-state index contributed by atoms with van der Waals surface area (Å²) in [5, 5.41) is 4.63. The van der Waals surface area contributed by atoms with Crippen molar-refractivity contribution in [1.82, 2.24) is 0 Å². The fraction of sp³-hybridized carbons (Fsp3) is 0.176. The average Bonchev–Trinajstić information content (AvgIpc) is 2.87. The molecule has 0 amide bonds. The van der Waals surface area contributed by atoms with Gasteiger partial charge in [0.05, 0.1) is 6.04 Å². The summed E-state index contributed by atoms with van der Waals surface area (Å²) >= 11 is 3.57. The molecule has 2 aromatic carbocycles. The first kappa shape index (κ1) is 13.3. The van der Waals surface area contributed by atoms with Gasteiger partial charge in [-0.05, 0) is 59.6 Å². The van der Waals surface area contributed by atoms with Crippen LogP contribution in [-0.2, 0) is 0 Å². The van der Waals surface area contributed by atoms with Gasteiger partial charge < -0.3 is 9.73 Å². The second kappa shape index (κ2) is 5.33. The maximum absolute atomic E-state index is 5.89. The van der Waals surface area contributed by atoms with Crippen LogP contribution in [0.4, 0.5) is 5.69 Å². The highest BCUT2D eigenvalue weighted by molar-refractivity contribution is 9.10. The molecule has 1 N–H and O–H groups in total. The van der Waals surface area contributed by atoms with E-state index in [0.717, 1.165) is 26.9 Å². The summed E-state index contributed by atoms with van der Waals surface area (Å²) in [7, 11) is 0. The molecule has 0 aliphatic carbocycles. The van der Waals surface area contributed by atoms with E-state index in [-0.39, 0.29) is 6.04 Å². The molecule has 1 heterocycles. The van der Waals surface area contributed by atoms with Gasteiger partial charge in [-0.3, -0.25) is 0 Å². The van der Waals surface area contributed by atoms with E-state index in [1.54, 1.807) is 0 Å². The second-order valence-corrected chi connectivity index (χ2v) is 5.89. The summed E-state index contributed by atoms with van der Waals surface area (Å²) < 4.78 is 6.96. The maximum atomic E-state index is 5.89. The van der Waals surface area contributed by atoms with Crippen LogP contribution in [-0.4, -0.2) is 0 Å². The van der Waals surface area contributed by atoms with Crippen molar-refractivity contribution >= 4 is 32.6 Å². The number of rotatable bonds is 3. The summed E-state index contributed by atoms with van der Waals surface area (Å²) in [6.45, 7) is 4.19. The molecule has 102 valence electrons. The van der Waals surface area contributed by atoms with Crippen LogP contribution >= 0.6 is 15.9 Å². The molecule has 0 saturated carbocycles. The molecule has 3 aromatic rings. The molecule has 1 unspecified atom stereocenters. The molecule has 1 atom stereocenters. The fourth-order valence-corrected chi connectivity index (χ4v) is 2.63. The van der Waals surface area contributed by atoms with Crippen LogP contribution in [0.1, 0.15) is 24.3 Å². The molecule has 3 heteroatoms. The van der Waals surface area contributed by atoms with Crippen LogP contribution in [0, 0.1) is 6.92 Å². The Kier molecular flexibility index (Phi) is 3.53. The summed E-state index contributed by atoms with van der Waals surface area (Å²) in [5.41, 5.74) is 3.24. The Bertz CT molecular complexity index is 715. The molecule has 0 saturated heterocycles. The Morgan fingerprint density at radius 1 is 1.10 bits per heavy atom. The Morgan fingerprint density at radius 3 is 2.70 bits per heavy atom. The van der Waals surface area contributed by atoms with E-state index in [4.69, 9.17) is 4.42 Å². The SMILES string of the molecule is Cc1ccc(Br)c(NC(C)c2cc3ccccc3o2)c1. The van der Waals surface area contributed by atoms with Crippen molar-refractivity contribution in [3.63, 3.8) is 0 Å². The third-order valence-corrected chi connectivity index (χ3v) is 4.06. The normalized spacial score (nSPS) is 12.6. The first-order chi connectivity index (χ1) is 9.63. The van der Waals surface area contributed by atoms with Crippen LogP contribution in [0.15, 0.2) is 57.4 Å². The minimum absolute atomic E-state index is 0.112. The van der Waals surface area contributed by atoms with Gasteiger partial charge in [0.15, 0.2) is 0 Å². The maximum Gasteiger partial charge on any atom is 0.134 e. The van der Waals surface area contributed by atoms with E-state index in [1.165, 1.54) is 5.56 Å². The smallest absolute Gasteiger partial charge is 0.134 e. The van der Waals surface area contributed by atoms with Crippen LogP contribution in [0.5, 0.6) is 0 Å². The zero-order valence-electron chi connectivity index (χ0n) is 11.5. The van der Waals surface area contributed by atoms with Gasteiger partial charge in [0.2, 0.25) is 0 Å². The van der Waals surface area contributed by atoms with Crippen molar-refractivity contribution < 1.29 is 4.42 Å². The largest absolute Gasteiger partial charge is 0.459 e. The zero-order valence-corrected chi connectivity index (χ0v) is 13.1. The van der Waals surface area contributed by atoms with Crippen LogP contribution in [0.3, 0.4) is 0 Å². The highest BCUT2D eigenvalue weighted by Gasteiger charge is 2.12. The molecular formula is C17H16BrNO. The third-order valence-electron chi connectivity index (χ3n) is 3.37. The standard InChI is InChI=1S/C17H16BrNO/c1-11-7-8-14(18)15(9-11)19-12(2)17-10-13-5-3-4-6-16(13)20-17/h3-10,12,19H,1-2H3. The summed E-state index contributed by atoms with van der Waals surface area (Å²) in [6.07, 6.45) is 0. The number of hydrogen-bond acceptors (Lipinski definition) is 2.